The van der Waals surface area contributed by atoms with Crippen LogP contribution in [0.15, 0.2) is 36.4 Å². The molecular weight excluding hydrogens is 338 g/mol. The van der Waals surface area contributed by atoms with Crippen molar-refractivity contribution in [3.63, 3.8) is 0 Å². The minimum absolute atomic E-state index is 0.0763. The first kappa shape index (κ1) is 18.9. The van der Waals surface area contributed by atoms with E-state index >= 15 is 0 Å². The van der Waals surface area contributed by atoms with Crippen LogP contribution in [0.1, 0.15) is 27.0 Å². The van der Waals surface area contributed by atoms with E-state index in [4.69, 9.17) is 4.74 Å². The third-order valence-electron chi connectivity index (χ3n) is 3.73. The molecule has 2 aromatic carbocycles. The highest BCUT2D eigenvalue weighted by atomic mass is 16.6. The smallest absolute Gasteiger partial charge is 0.276 e. The molecule has 0 bridgehead atoms. The van der Waals surface area contributed by atoms with Crippen LogP contribution in [0, 0.1) is 30.9 Å². The minimum Gasteiger partial charge on any atom is -0.483 e. The molecule has 8 heteroatoms. The molecule has 2 amide bonds. The van der Waals surface area contributed by atoms with E-state index in [0.717, 1.165) is 11.1 Å². The van der Waals surface area contributed by atoms with Crippen molar-refractivity contribution < 1.29 is 19.2 Å². The molecule has 0 aliphatic heterocycles. The van der Waals surface area contributed by atoms with Gasteiger partial charge in [-0.2, -0.15) is 0 Å². The second-order valence-corrected chi connectivity index (χ2v) is 5.77. The Labute approximate surface area is 150 Å². The van der Waals surface area contributed by atoms with Crippen molar-refractivity contribution in [1.82, 2.24) is 10.9 Å². The molecule has 0 fully saturated rings. The molecule has 0 atom stereocenters. The number of nitro groups is 1. The van der Waals surface area contributed by atoms with Gasteiger partial charge in [0.1, 0.15) is 5.75 Å². The van der Waals surface area contributed by atoms with E-state index in [0.29, 0.717) is 11.3 Å². The molecule has 0 radical (unpaired) electrons. The molecule has 26 heavy (non-hydrogen) atoms. The lowest BCUT2D eigenvalue weighted by molar-refractivity contribution is -0.385. The molecule has 0 saturated heterocycles. The Bertz CT molecular complexity index is 844. The maximum absolute atomic E-state index is 12.0. The number of para-hydroxylation sites is 1. The summed E-state index contributed by atoms with van der Waals surface area (Å²) in [6, 6.07) is 9.59. The van der Waals surface area contributed by atoms with Gasteiger partial charge in [-0.3, -0.25) is 30.6 Å². The van der Waals surface area contributed by atoms with E-state index < -0.39 is 16.7 Å². The molecule has 8 nitrogen and oxygen atoms in total. The Morgan fingerprint density at radius 3 is 2.27 bits per heavy atom. The van der Waals surface area contributed by atoms with Gasteiger partial charge in [-0.05, 0) is 44.0 Å². The lowest BCUT2D eigenvalue weighted by Crippen LogP contribution is -2.43. The molecule has 2 rings (SSSR count). The van der Waals surface area contributed by atoms with Crippen molar-refractivity contribution in [2.45, 2.75) is 20.8 Å². The van der Waals surface area contributed by atoms with E-state index in [2.05, 4.69) is 10.9 Å². The van der Waals surface area contributed by atoms with Gasteiger partial charge >= 0.3 is 0 Å². The van der Waals surface area contributed by atoms with Crippen molar-refractivity contribution in [2.24, 2.45) is 0 Å². The second kappa shape index (κ2) is 8.11. The number of nitrogens with one attached hydrogen (secondary N) is 2. The SMILES string of the molecule is Cc1cc(C(=O)NNC(=O)COc2c(C)cccc2C)ccc1[N+](=O)[O-]. The summed E-state index contributed by atoms with van der Waals surface area (Å²) in [5.74, 6) is -0.483. The molecule has 2 N–H and O–H groups in total. The maximum Gasteiger partial charge on any atom is 0.276 e. The first-order valence-corrected chi connectivity index (χ1v) is 7.83. The van der Waals surface area contributed by atoms with Crippen LogP contribution in [0.5, 0.6) is 5.75 Å². The van der Waals surface area contributed by atoms with E-state index in [-0.39, 0.29) is 17.9 Å². The largest absolute Gasteiger partial charge is 0.483 e. The molecule has 0 heterocycles. The summed E-state index contributed by atoms with van der Waals surface area (Å²) in [6.07, 6.45) is 0. The normalized spacial score (nSPS) is 10.1. The summed E-state index contributed by atoms with van der Waals surface area (Å²) in [6.45, 7) is 5.02. The van der Waals surface area contributed by atoms with Gasteiger partial charge in [-0.15, -0.1) is 0 Å². The number of carbonyl (C=O) groups excluding carboxylic acids is 2. The molecule has 2 aromatic rings. The van der Waals surface area contributed by atoms with E-state index in [9.17, 15) is 19.7 Å². The first-order valence-electron chi connectivity index (χ1n) is 7.83. The Morgan fingerprint density at radius 2 is 1.69 bits per heavy atom. The van der Waals surface area contributed by atoms with Crippen LogP contribution in [0.4, 0.5) is 5.69 Å². The van der Waals surface area contributed by atoms with Crippen LogP contribution >= 0.6 is 0 Å². The topological polar surface area (TPSA) is 111 Å². The van der Waals surface area contributed by atoms with Crippen LogP contribution in [0.2, 0.25) is 0 Å². The standard InChI is InChI=1S/C18H19N3O5/c1-11-5-4-6-12(2)17(11)26-10-16(22)19-20-18(23)14-7-8-15(21(24)25)13(3)9-14/h4-9H,10H2,1-3H3,(H,19,22)(H,20,23). The summed E-state index contributed by atoms with van der Waals surface area (Å²) in [5, 5.41) is 10.8. The number of nitro benzene ring substituents is 1. The predicted molar refractivity (Wildman–Crippen MR) is 94.9 cm³/mol. The number of hydrogen-bond donors (Lipinski definition) is 2. The first-order chi connectivity index (χ1) is 12.3. The number of hydrogen-bond acceptors (Lipinski definition) is 5. The fourth-order valence-electron chi connectivity index (χ4n) is 2.40. The predicted octanol–water partition coefficient (Wildman–Crippen LogP) is 2.36. The zero-order chi connectivity index (χ0) is 19.3. The Kier molecular flexibility index (Phi) is 5.90. The van der Waals surface area contributed by atoms with Crippen molar-refractivity contribution >= 4 is 17.5 Å². The Balaban J connectivity index is 1.90. The lowest BCUT2D eigenvalue weighted by Gasteiger charge is -2.12. The van der Waals surface area contributed by atoms with E-state index in [1.54, 1.807) is 0 Å². The number of aryl methyl sites for hydroxylation is 3. The van der Waals surface area contributed by atoms with Crippen molar-refractivity contribution in [2.75, 3.05) is 6.61 Å². The lowest BCUT2D eigenvalue weighted by atomic mass is 10.1. The highest BCUT2D eigenvalue weighted by Gasteiger charge is 2.14. The zero-order valence-corrected chi connectivity index (χ0v) is 14.7. The number of benzene rings is 2. The second-order valence-electron chi connectivity index (χ2n) is 5.77. The van der Waals surface area contributed by atoms with Crippen LogP contribution in [0.25, 0.3) is 0 Å². The molecule has 0 unspecified atom stereocenters. The van der Waals surface area contributed by atoms with Crippen molar-refractivity contribution in [3.8, 4) is 5.75 Å². The summed E-state index contributed by atoms with van der Waals surface area (Å²) < 4.78 is 5.49. The van der Waals surface area contributed by atoms with Crippen LogP contribution in [-0.2, 0) is 4.79 Å². The van der Waals surface area contributed by atoms with E-state index in [1.807, 2.05) is 32.0 Å². The van der Waals surface area contributed by atoms with Crippen LogP contribution in [-0.4, -0.2) is 23.3 Å². The fourth-order valence-corrected chi connectivity index (χ4v) is 2.40. The van der Waals surface area contributed by atoms with Gasteiger partial charge in [-0.25, -0.2) is 0 Å². The van der Waals surface area contributed by atoms with Crippen molar-refractivity contribution in [3.05, 3.63) is 68.8 Å². The number of rotatable bonds is 5. The van der Waals surface area contributed by atoms with Crippen LogP contribution in [0.3, 0.4) is 0 Å². The number of ether oxygens (including phenoxy) is 1. The summed E-state index contributed by atoms with van der Waals surface area (Å²) in [7, 11) is 0. The maximum atomic E-state index is 12.0. The van der Waals surface area contributed by atoms with Gasteiger partial charge in [0, 0.05) is 17.2 Å². The fraction of sp³-hybridized carbons (Fsp3) is 0.222. The summed E-state index contributed by atoms with van der Waals surface area (Å²) in [5.41, 5.74) is 6.79. The molecule has 0 aliphatic carbocycles. The molecule has 0 spiro atoms. The van der Waals surface area contributed by atoms with Gasteiger partial charge in [0.2, 0.25) is 0 Å². The minimum atomic E-state index is -0.580. The number of hydrazine groups is 1. The quantitative estimate of drug-likeness (QED) is 0.630. The molecule has 136 valence electrons. The van der Waals surface area contributed by atoms with E-state index in [1.165, 1.54) is 25.1 Å². The van der Waals surface area contributed by atoms with Gasteiger partial charge in [0.15, 0.2) is 6.61 Å². The molecule has 0 saturated carbocycles. The third-order valence-corrected chi connectivity index (χ3v) is 3.73. The van der Waals surface area contributed by atoms with Crippen molar-refractivity contribution in [1.29, 1.82) is 0 Å². The summed E-state index contributed by atoms with van der Waals surface area (Å²) >= 11 is 0. The molecule has 0 aromatic heterocycles. The number of amides is 2. The average Bonchev–Trinajstić information content (AvgIpc) is 2.58. The number of nitrogens with zero attached hydrogens (tertiary/aromatic N) is 1. The van der Waals surface area contributed by atoms with Gasteiger partial charge in [-0.1, -0.05) is 18.2 Å². The molecule has 0 aliphatic rings. The van der Waals surface area contributed by atoms with Crippen LogP contribution < -0.4 is 15.6 Å². The van der Waals surface area contributed by atoms with Gasteiger partial charge in [0.05, 0.1) is 4.92 Å². The average molecular weight is 357 g/mol. The number of carbonyl (C=O) groups is 2. The molecular formula is C18H19N3O5. The Morgan fingerprint density at radius 1 is 1.04 bits per heavy atom. The highest BCUT2D eigenvalue weighted by Crippen LogP contribution is 2.22. The summed E-state index contributed by atoms with van der Waals surface area (Å²) in [4.78, 5) is 34.1. The third kappa shape index (κ3) is 4.56. The van der Waals surface area contributed by atoms with Gasteiger partial charge < -0.3 is 4.74 Å². The zero-order valence-electron chi connectivity index (χ0n) is 14.7. The highest BCUT2D eigenvalue weighted by molar-refractivity contribution is 5.95. The van der Waals surface area contributed by atoms with Gasteiger partial charge in [0.25, 0.3) is 17.5 Å². The Hall–Kier alpha value is -3.42. The monoisotopic (exact) mass is 357 g/mol.